The third-order valence-corrected chi connectivity index (χ3v) is 3.17. The quantitative estimate of drug-likeness (QED) is 0.870. The maximum absolute atomic E-state index is 11.9. The molecule has 0 aliphatic heterocycles. The number of anilines is 1. The van der Waals surface area contributed by atoms with E-state index in [4.69, 9.17) is 0 Å². The van der Waals surface area contributed by atoms with E-state index in [9.17, 15) is 4.79 Å². The molecule has 2 heterocycles. The van der Waals surface area contributed by atoms with Crippen molar-refractivity contribution in [3.63, 3.8) is 0 Å². The average molecular weight is 247 g/mol. The molecule has 2 aromatic heterocycles. The van der Waals surface area contributed by atoms with Crippen molar-refractivity contribution in [2.75, 3.05) is 12.4 Å². The number of aromatic nitrogens is 1. The Morgan fingerprint density at radius 3 is 3.00 bits per heavy atom. The minimum absolute atomic E-state index is 0.115. The van der Waals surface area contributed by atoms with Gasteiger partial charge in [-0.3, -0.25) is 4.79 Å². The molecule has 2 N–H and O–H groups in total. The van der Waals surface area contributed by atoms with Crippen molar-refractivity contribution in [3.8, 4) is 0 Å². The van der Waals surface area contributed by atoms with Gasteiger partial charge in [-0.1, -0.05) is 6.07 Å². The van der Waals surface area contributed by atoms with Gasteiger partial charge in [0.1, 0.15) is 5.82 Å². The molecule has 17 heavy (non-hydrogen) atoms. The lowest BCUT2D eigenvalue weighted by molar-refractivity contribution is 0.0952. The first-order chi connectivity index (χ1) is 8.31. The van der Waals surface area contributed by atoms with Gasteiger partial charge in [0, 0.05) is 18.1 Å². The second-order valence-electron chi connectivity index (χ2n) is 3.41. The molecule has 0 saturated carbocycles. The lowest BCUT2D eigenvalue weighted by Gasteiger charge is -2.07. The smallest absolute Gasteiger partial charge is 0.255 e. The van der Waals surface area contributed by atoms with Crippen molar-refractivity contribution in [2.45, 2.75) is 6.54 Å². The Morgan fingerprint density at radius 2 is 2.29 bits per heavy atom. The standard InChI is InChI=1S/C12H13N3OS/c1-13-11-10(5-2-6-14-11)12(16)15-8-9-4-3-7-17-9/h2-7H,8H2,1H3,(H,13,14)(H,15,16). The summed E-state index contributed by atoms with van der Waals surface area (Å²) in [7, 11) is 1.75. The first kappa shape index (κ1) is 11.6. The lowest BCUT2D eigenvalue weighted by Crippen LogP contribution is -2.23. The SMILES string of the molecule is CNc1ncccc1C(=O)NCc1cccs1. The third-order valence-electron chi connectivity index (χ3n) is 2.29. The molecule has 0 unspecified atom stereocenters. The minimum Gasteiger partial charge on any atom is -0.372 e. The van der Waals surface area contributed by atoms with Crippen LogP contribution in [0, 0.1) is 0 Å². The van der Waals surface area contributed by atoms with Crippen LogP contribution in [0.15, 0.2) is 35.8 Å². The molecule has 0 bridgehead atoms. The maximum Gasteiger partial charge on any atom is 0.255 e. The van der Waals surface area contributed by atoms with Crippen LogP contribution in [0.25, 0.3) is 0 Å². The van der Waals surface area contributed by atoms with Gasteiger partial charge < -0.3 is 10.6 Å². The Bertz CT molecular complexity index is 496. The Kier molecular flexibility index (Phi) is 3.72. The maximum atomic E-state index is 11.9. The van der Waals surface area contributed by atoms with Crippen LogP contribution in [0.4, 0.5) is 5.82 Å². The first-order valence-corrected chi connectivity index (χ1v) is 6.12. The zero-order valence-electron chi connectivity index (χ0n) is 9.43. The molecule has 0 radical (unpaired) electrons. The molecule has 2 rings (SSSR count). The van der Waals surface area contributed by atoms with Gasteiger partial charge in [-0.05, 0) is 23.6 Å². The number of hydrogen-bond donors (Lipinski definition) is 2. The summed E-state index contributed by atoms with van der Waals surface area (Å²) in [4.78, 5) is 17.2. The summed E-state index contributed by atoms with van der Waals surface area (Å²) in [6, 6.07) is 7.46. The Labute approximate surface area is 104 Å². The summed E-state index contributed by atoms with van der Waals surface area (Å²) in [5, 5.41) is 7.76. The number of carbonyl (C=O) groups excluding carboxylic acids is 1. The van der Waals surface area contributed by atoms with E-state index in [2.05, 4.69) is 15.6 Å². The van der Waals surface area contributed by atoms with E-state index < -0.39 is 0 Å². The number of nitrogens with zero attached hydrogens (tertiary/aromatic N) is 1. The van der Waals surface area contributed by atoms with Crippen LogP contribution in [0.1, 0.15) is 15.2 Å². The molecule has 5 heteroatoms. The molecule has 0 aromatic carbocycles. The van der Waals surface area contributed by atoms with Gasteiger partial charge in [-0.25, -0.2) is 4.98 Å². The zero-order valence-corrected chi connectivity index (χ0v) is 10.3. The molecule has 0 saturated heterocycles. The van der Waals surface area contributed by atoms with E-state index >= 15 is 0 Å². The van der Waals surface area contributed by atoms with Gasteiger partial charge in [0.05, 0.1) is 12.1 Å². The van der Waals surface area contributed by atoms with Gasteiger partial charge >= 0.3 is 0 Å². The molecule has 0 aliphatic rings. The van der Waals surface area contributed by atoms with Crippen LogP contribution in [0.3, 0.4) is 0 Å². The Hall–Kier alpha value is -1.88. The van der Waals surface area contributed by atoms with Crippen molar-refractivity contribution in [2.24, 2.45) is 0 Å². The normalized spacial score (nSPS) is 9.94. The summed E-state index contributed by atoms with van der Waals surface area (Å²) in [5.41, 5.74) is 0.562. The van der Waals surface area contributed by atoms with E-state index in [1.54, 1.807) is 36.7 Å². The highest BCUT2D eigenvalue weighted by molar-refractivity contribution is 7.09. The van der Waals surface area contributed by atoms with Crippen LogP contribution in [0.2, 0.25) is 0 Å². The number of rotatable bonds is 4. The van der Waals surface area contributed by atoms with Crippen LogP contribution in [-0.4, -0.2) is 17.9 Å². The predicted octanol–water partition coefficient (Wildman–Crippen LogP) is 2.11. The van der Waals surface area contributed by atoms with E-state index in [0.717, 1.165) is 4.88 Å². The molecule has 1 amide bonds. The van der Waals surface area contributed by atoms with E-state index in [1.165, 1.54) is 0 Å². The zero-order chi connectivity index (χ0) is 12.1. The molecule has 0 atom stereocenters. The number of pyridine rings is 1. The Balaban J connectivity index is 2.04. The van der Waals surface area contributed by atoms with Gasteiger partial charge in [0.2, 0.25) is 0 Å². The second-order valence-corrected chi connectivity index (χ2v) is 4.44. The largest absolute Gasteiger partial charge is 0.372 e. The first-order valence-electron chi connectivity index (χ1n) is 5.24. The fourth-order valence-corrected chi connectivity index (χ4v) is 2.11. The van der Waals surface area contributed by atoms with Crippen LogP contribution in [-0.2, 0) is 6.54 Å². The van der Waals surface area contributed by atoms with Gasteiger partial charge in [0.15, 0.2) is 0 Å². The number of nitrogens with one attached hydrogen (secondary N) is 2. The molecular weight excluding hydrogens is 234 g/mol. The summed E-state index contributed by atoms with van der Waals surface area (Å²) in [6.07, 6.45) is 1.65. The van der Waals surface area contributed by atoms with E-state index in [0.29, 0.717) is 17.9 Å². The predicted molar refractivity (Wildman–Crippen MR) is 69.3 cm³/mol. The fraction of sp³-hybridized carbons (Fsp3) is 0.167. The lowest BCUT2D eigenvalue weighted by atomic mass is 10.2. The molecule has 4 nitrogen and oxygen atoms in total. The fourth-order valence-electron chi connectivity index (χ4n) is 1.46. The second kappa shape index (κ2) is 5.45. The van der Waals surface area contributed by atoms with Gasteiger partial charge in [-0.15, -0.1) is 11.3 Å². The highest BCUT2D eigenvalue weighted by atomic mass is 32.1. The van der Waals surface area contributed by atoms with Gasteiger partial charge in [-0.2, -0.15) is 0 Å². The highest BCUT2D eigenvalue weighted by Crippen LogP contribution is 2.12. The van der Waals surface area contributed by atoms with Crippen LogP contribution in [0.5, 0.6) is 0 Å². The van der Waals surface area contributed by atoms with Crippen LogP contribution >= 0.6 is 11.3 Å². The third kappa shape index (κ3) is 2.82. The van der Waals surface area contributed by atoms with E-state index in [1.807, 2.05) is 17.5 Å². The van der Waals surface area contributed by atoms with E-state index in [-0.39, 0.29) is 5.91 Å². The number of amides is 1. The summed E-state index contributed by atoms with van der Waals surface area (Å²) in [6.45, 7) is 0.550. The molecule has 0 fully saturated rings. The topological polar surface area (TPSA) is 54.0 Å². The van der Waals surface area contributed by atoms with Crippen molar-refractivity contribution >= 4 is 23.1 Å². The van der Waals surface area contributed by atoms with Crippen molar-refractivity contribution in [3.05, 3.63) is 46.3 Å². The number of thiophene rings is 1. The molecule has 88 valence electrons. The average Bonchev–Trinajstić information content (AvgIpc) is 2.89. The molecule has 0 spiro atoms. The molecule has 2 aromatic rings. The monoisotopic (exact) mass is 247 g/mol. The van der Waals surface area contributed by atoms with Gasteiger partial charge in [0.25, 0.3) is 5.91 Å². The summed E-state index contributed by atoms with van der Waals surface area (Å²) in [5.74, 6) is 0.479. The van der Waals surface area contributed by atoms with Crippen molar-refractivity contribution in [1.29, 1.82) is 0 Å². The number of hydrogen-bond acceptors (Lipinski definition) is 4. The summed E-state index contributed by atoms with van der Waals surface area (Å²) >= 11 is 1.62. The molecular formula is C12H13N3OS. The Morgan fingerprint density at radius 1 is 1.41 bits per heavy atom. The molecule has 0 aliphatic carbocycles. The van der Waals surface area contributed by atoms with Crippen molar-refractivity contribution in [1.82, 2.24) is 10.3 Å². The van der Waals surface area contributed by atoms with Crippen molar-refractivity contribution < 1.29 is 4.79 Å². The van der Waals surface area contributed by atoms with Crippen LogP contribution < -0.4 is 10.6 Å². The highest BCUT2D eigenvalue weighted by Gasteiger charge is 2.10. The minimum atomic E-state index is -0.115. The number of carbonyl (C=O) groups is 1. The summed E-state index contributed by atoms with van der Waals surface area (Å²) < 4.78 is 0.